The van der Waals surface area contributed by atoms with Crippen LogP contribution in [0.3, 0.4) is 0 Å². The normalized spacial score (nSPS) is 33.6. The zero-order valence-electron chi connectivity index (χ0n) is 8.27. The maximum Gasteiger partial charge on any atom is 0.0701 e. The molecule has 0 bridgehead atoms. The fourth-order valence-corrected chi connectivity index (χ4v) is 2.20. The standard InChI is InChI=1S/C11H20O/c1-4-5-8-11(12)9-6-7-10(11,2)3/h4,12H,1,5-9H2,2-3H3. The third-order valence-corrected chi connectivity index (χ3v) is 3.41. The molecule has 1 fully saturated rings. The third-order valence-electron chi connectivity index (χ3n) is 3.41. The minimum Gasteiger partial charge on any atom is -0.389 e. The van der Waals surface area contributed by atoms with E-state index in [-0.39, 0.29) is 5.41 Å². The molecule has 1 saturated carbocycles. The first-order valence-electron chi connectivity index (χ1n) is 4.85. The van der Waals surface area contributed by atoms with E-state index in [1.54, 1.807) is 0 Å². The van der Waals surface area contributed by atoms with E-state index in [9.17, 15) is 5.11 Å². The maximum absolute atomic E-state index is 10.3. The SMILES string of the molecule is C=CCCC1(O)CCCC1(C)C. The van der Waals surface area contributed by atoms with Gasteiger partial charge in [-0.25, -0.2) is 0 Å². The molecule has 1 nitrogen and oxygen atoms in total. The van der Waals surface area contributed by atoms with Gasteiger partial charge in [-0.3, -0.25) is 0 Å². The molecule has 1 aliphatic carbocycles. The molecule has 1 heteroatoms. The molecule has 0 aromatic heterocycles. The van der Waals surface area contributed by atoms with Crippen molar-refractivity contribution in [2.75, 3.05) is 0 Å². The predicted octanol–water partition coefficient (Wildman–Crippen LogP) is 2.89. The summed E-state index contributed by atoms with van der Waals surface area (Å²) in [5.41, 5.74) is -0.322. The average Bonchev–Trinajstić information content (AvgIpc) is 2.24. The highest BCUT2D eigenvalue weighted by atomic mass is 16.3. The zero-order chi connectivity index (χ0) is 9.24. The lowest BCUT2D eigenvalue weighted by Crippen LogP contribution is -2.39. The summed E-state index contributed by atoms with van der Waals surface area (Å²) in [6.07, 6.45) is 6.99. The van der Waals surface area contributed by atoms with Crippen LogP contribution in [0, 0.1) is 5.41 Å². The van der Waals surface area contributed by atoms with Gasteiger partial charge in [0, 0.05) is 0 Å². The van der Waals surface area contributed by atoms with E-state index >= 15 is 0 Å². The molecule has 1 unspecified atom stereocenters. The van der Waals surface area contributed by atoms with Gasteiger partial charge in [-0.1, -0.05) is 19.9 Å². The highest BCUT2D eigenvalue weighted by Crippen LogP contribution is 2.48. The van der Waals surface area contributed by atoms with E-state index in [4.69, 9.17) is 0 Å². The highest BCUT2D eigenvalue weighted by Gasteiger charge is 2.46. The summed E-state index contributed by atoms with van der Waals surface area (Å²) >= 11 is 0. The van der Waals surface area contributed by atoms with E-state index < -0.39 is 5.60 Å². The summed E-state index contributed by atoms with van der Waals surface area (Å²) in [4.78, 5) is 0. The lowest BCUT2D eigenvalue weighted by Gasteiger charge is -2.36. The summed E-state index contributed by atoms with van der Waals surface area (Å²) in [5, 5.41) is 10.3. The Labute approximate surface area is 75.5 Å². The largest absolute Gasteiger partial charge is 0.389 e. The highest BCUT2D eigenvalue weighted by molar-refractivity contribution is 4.99. The van der Waals surface area contributed by atoms with Crippen LogP contribution in [0.4, 0.5) is 0 Å². The van der Waals surface area contributed by atoms with Gasteiger partial charge < -0.3 is 5.11 Å². The molecule has 12 heavy (non-hydrogen) atoms. The monoisotopic (exact) mass is 168 g/mol. The number of allylic oxidation sites excluding steroid dienone is 1. The second kappa shape index (κ2) is 3.21. The summed E-state index contributed by atoms with van der Waals surface area (Å²) in [6, 6.07) is 0. The molecule has 1 aliphatic rings. The van der Waals surface area contributed by atoms with Crippen molar-refractivity contribution in [3.8, 4) is 0 Å². The fourth-order valence-electron chi connectivity index (χ4n) is 2.20. The Kier molecular flexibility index (Phi) is 2.62. The van der Waals surface area contributed by atoms with Crippen LogP contribution < -0.4 is 0 Å². The van der Waals surface area contributed by atoms with Crippen molar-refractivity contribution in [1.29, 1.82) is 0 Å². The van der Waals surface area contributed by atoms with Crippen molar-refractivity contribution in [3.63, 3.8) is 0 Å². The molecule has 1 atom stereocenters. The molecule has 1 rings (SSSR count). The van der Waals surface area contributed by atoms with Gasteiger partial charge in [0.15, 0.2) is 0 Å². The fraction of sp³-hybridized carbons (Fsp3) is 0.818. The van der Waals surface area contributed by atoms with Crippen molar-refractivity contribution in [3.05, 3.63) is 12.7 Å². The Morgan fingerprint density at radius 2 is 2.08 bits per heavy atom. The molecule has 1 N–H and O–H groups in total. The van der Waals surface area contributed by atoms with Gasteiger partial charge in [-0.05, 0) is 37.5 Å². The lowest BCUT2D eigenvalue weighted by molar-refractivity contribution is -0.0485. The topological polar surface area (TPSA) is 20.2 Å². The second-order valence-corrected chi connectivity index (χ2v) is 4.60. The number of aliphatic hydroxyl groups is 1. The maximum atomic E-state index is 10.3. The van der Waals surface area contributed by atoms with Crippen LogP contribution in [0.15, 0.2) is 12.7 Å². The van der Waals surface area contributed by atoms with Crippen LogP contribution in [0.5, 0.6) is 0 Å². The van der Waals surface area contributed by atoms with E-state index in [1.807, 2.05) is 6.08 Å². The summed E-state index contributed by atoms with van der Waals surface area (Å²) in [7, 11) is 0. The Bertz CT molecular complexity index is 172. The molecule has 0 aromatic rings. The van der Waals surface area contributed by atoms with Gasteiger partial charge >= 0.3 is 0 Å². The third kappa shape index (κ3) is 1.56. The molecular weight excluding hydrogens is 148 g/mol. The predicted molar refractivity (Wildman–Crippen MR) is 52.0 cm³/mol. The van der Waals surface area contributed by atoms with Gasteiger partial charge in [0.25, 0.3) is 0 Å². The van der Waals surface area contributed by atoms with Gasteiger partial charge in [0.2, 0.25) is 0 Å². The summed E-state index contributed by atoms with van der Waals surface area (Å²) in [6.45, 7) is 8.03. The molecule has 0 radical (unpaired) electrons. The summed E-state index contributed by atoms with van der Waals surface area (Å²) < 4.78 is 0. The van der Waals surface area contributed by atoms with Gasteiger partial charge in [0.05, 0.1) is 5.60 Å². The number of hydrogen-bond donors (Lipinski definition) is 1. The lowest BCUT2D eigenvalue weighted by atomic mass is 9.75. The van der Waals surface area contributed by atoms with Crippen molar-refractivity contribution >= 4 is 0 Å². The first-order valence-corrected chi connectivity index (χ1v) is 4.85. The molecule has 0 aromatic carbocycles. The van der Waals surface area contributed by atoms with Gasteiger partial charge in [-0.2, -0.15) is 0 Å². The van der Waals surface area contributed by atoms with E-state index in [2.05, 4.69) is 20.4 Å². The van der Waals surface area contributed by atoms with Crippen molar-refractivity contribution < 1.29 is 5.11 Å². The van der Waals surface area contributed by atoms with Crippen molar-refractivity contribution in [2.24, 2.45) is 5.41 Å². The molecule has 0 spiro atoms. The zero-order valence-corrected chi connectivity index (χ0v) is 8.27. The molecule has 0 amide bonds. The van der Waals surface area contributed by atoms with Gasteiger partial charge in [-0.15, -0.1) is 6.58 Å². The van der Waals surface area contributed by atoms with Crippen LogP contribution >= 0.6 is 0 Å². The van der Waals surface area contributed by atoms with E-state index in [0.717, 1.165) is 25.7 Å². The number of hydrogen-bond acceptors (Lipinski definition) is 1. The molecule has 0 heterocycles. The second-order valence-electron chi connectivity index (χ2n) is 4.60. The minimum atomic E-state index is -0.429. The van der Waals surface area contributed by atoms with E-state index in [1.165, 1.54) is 6.42 Å². The Morgan fingerprint density at radius 3 is 2.50 bits per heavy atom. The van der Waals surface area contributed by atoms with Crippen LogP contribution in [0.1, 0.15) is 46.0 Å². The van der Waals surface area contributed by atoms with Crippen LogP contribution in [-0.2, 0) is 0 Å². The van der Waals surface area contributed by atoms with Crippen molar-refractivity contribution in [2.45, 2.75) is 51.6 Å². The molecule has 0 saturated heterocycles. The quantitative estimate of drug-likeness (QED) is 0.642. The van der Waals surface area contributed by atoms with Crippen molar-refractivity contribution in [1.82, 2.24) is 0 Å². The van der Waals surface area contributed by atoms with Crippen LogP contribution in [0.2, 0.25) is 0 Å². The minimum absolute atomic E-state index is 0.107. The Hall–Kier alpha value is -0.300. The van der Waals surface area contributed by atoms with Crippen LogP contribution in [-0.4, -0.2) is 10.7 Å². The molecular formula is C11H20O. The summed E-state index contributed by atoms with van der Waals surface area (Å²) in [5.74, 6) is 0. The first-order chi connectivity index (χ1) is 5.52. The number of rotatable bonds is 3. The van der Waals surface area contributed by atoms with E-state index in [0.29, 0.717) is 0 Å². The Balaban J connectivity index is 2.62. The molecule has 0 aliphatic heterocycles. The van der Waals surface area contributed by atoms with Gasteiger partial charge in [0.1, 0.15) is 0 Å². The average molecular weight is 168 g/mol. The Morgan fingerprint density at radius 1 is 1.42 bits per heavy atom. The molecule has 70 valence electrons. The smallest absolute Gasteiger partial charge is 0.0701 e. The first kappa shape index (κ1) is 9.79. The van der Waals surface area contributed by atoms with Crippen LogP contribution in [0.25, 0.3) is 0 Å².